The average molecular weight is 551 g/mol. The van der Waals surface area contributed by atoms with Gasteiger partial charge in [-0.05, 0) is 52.9 Å². The number of rotatable bonds is 11. The number of nitrogens with one attached hydrogen (secondary N) is 1. The van der Waals surface area contributed by atoms with Gasteiger partial charge in [-0.25, -0.2) is 9.88 Å². The van der Waals surface area contributed by atoms with Crippen LogP contribution in [0.5, 0.6) is 5.75 Å². The van der Waals surface area contributed by atoms with Crippen molar-refractivity contribution in [2.45, 2.75) is 39.0 Å². The molecule has 3 radical (unpaired) electrons. The van der Waals surface area contributed by atoms with E-state index in [1.807, 2.05) is 51.1 Å². The molecule has 3 rings (SSSR count). The van der Waals surface area contributed by atoms with E-state index >= 15 is 0 Å². The Morgan fingerprint density at radius 3 is 2.32 bits per heavy atom. The highest BCUT2D eigenvalue weighted by Crippen LogP contribution is 2.48. The number of ether oxygens (including phenoxy) is 2. The van der Waals surface area contributed by atoms with Crippen LogP contribution < -0.4 is 9.61 Å². The second kappa shape index (κ2) is 12.1. The maximum atomic E-state index is 14.2. The fourth-order valence-corrected chi connectivity index (χ4v) is 6.22. The molecule has 0 fully saturated rings. The number of benzene rings is 3. The first-order valence-corrected chi connectivity index (χ1v) is 14.5. The highest BCUT2D eigenvalue weighted by atomic mass is 31.2. The number of fused-ring (bicyclic) bond motifs is 1. The molecule has 3 aromatic rings. The molecule has 1 N–H and O–H groups in total. The van der Waals surface area contributed by atoms with E-state index in [2.05, 4.69) is 21.9 Å². The number of hydrogen-bond donors (Lipinski definition) is 1. The lowest BCUT2D eigenvalue weighted by molar-refractivity contribution is -0.149. The summed E-state index contributed by atoms with van der Waals surface area (Å²) in [6.45, 7) is 11.3. The van der Waals surface area contributed by atoms with Gasteiger partial charge in [0.15, 0.2) is 0 Å². The van der Waals surface area contributed by atoms with E-state index in [-0.39, 0.29) is 24.8 Å². The fourth-order valence-electron chi connectivity index (χ4n) is 3.54. The third-order valence-corrected chi connectivity index (χ3v) is 7.91. The molecular formula is C29H33NO6PSi. The van der Waals surface area contributed by atoms with Gasteiger partial charge in [0.25, 0.3) is 0 Å². The molecule has 0 aromatic heterocycles. The number of carbonyl (C=O) groups is 2. The summed E-state index contributed by atoms with van der Waals surface area (Å²) in [5.41, 5.74) is 0.851. The third-order valence-electron chi connectivity index (χ3n) is 5.30. The molecule has 38 heavy (non-hydrogen) atoms. The van der Waals surface area contributed by atoms with Gasteiger partial charge in [0.1, 0.15) is 17.5 Å². The van der Waals surface area contributed by atoms with Crippen molar-refractivity contribution in [3.05, 3.63) is 90.5 Å². The van der Waals surface area contributed by atoms with E-state index < -0.39 is 24.6 Å². The predicted molar refractivity (Wildman–Crippen MR) is 151 cm³/mol. The first-order chi connectivity index (χ1) is 17.8. The third kappa shape index (κ3) is 8.41. The first kappa shape index (κ1) is 29.4. The van der Waals surface area contributed by atoms with Gasteiger partial charge in [-0.3, -0.25) is 9.36 Å². The van der Waals surface area contributed by atoms with Crippen LogP contribution in [0.2, 0.25) is 0 Å². The minimum atomic E-state index is -3.73. The summed E-state index contributed by atoms with van der Waals surface area (Å²) in [5, 5.41) is 3.09. The SMILES string of the molecule is C=CCOC(=O)c1ccc2ccc(CP(=O)(N[C@@](C)([Si])C(=O)OCC(C)(C)C)Oc3ccccc3)cc2c1. The van der Waals surface area contributed by atoms with E-state index in [1.54, 1.807) is 36.4 Å². The lowest BCUT2D eigenvalue weighted by Crippen LogP contribution is -2.50. The van der Waals surface area contributed by atoms with Crippen LogP contribution in [0.25, 0.3) is 10.8 Å². The Labute approximate surface area is 227 Å². The van der Waals surface area contributed by atoms with Gasteiger partial charge in [0.05, 0.1) is 28.6 Å². The Kier molecular flexibility index (Phi) is 9.36. The smallest absolute Gasteiger partial charge is 0.338 e. The minimum Gasteiger partial charge on any atom is -0.464 e. The molecule has 1 unspecified atom stereocenters. The average Bonchev–Trinajstić information content (AvgIpc) is 2.84. The van der Waals surface area contributed by atoms with E-state index in [4.69, 9.17) is 14.0 Å². The molecule has 7 nitrogen and oxygen atoms in total. The van der Waals surface area contributed by atoms with Crippen molar-refractivity contribution < 1.29 is 28.2 Å². The molecule has 0 spiro atoms. The molecule has 199 valence electrons. The van der Waals surface area contributed by atoms with E-state index in [9.17, 15) is 14.2 Å². The van der Waals surface area contributed by atoms with Crippen molar-refractivity contribution in [3.63, 3.8) is 0 Å². The number of carbonyl (C=O) groups excluding carboxylic acids is 2. The van der Waals surface area contributed by atoms with Crippen LogP contribution in [-0.4, -0.2) is 40.6 Å². The molecule has 0 amide bonds. The van der Waals surface area contributed by atoms with E-state index in [0.717, 1.165) is 10.8 Å². The second-order valence-electron chi connectivity index (χ2n) is 10.4. The quantitative estimate of drug-likeness (QED) is 0.135. The Balaban J connectivity index is 1.91. The number of para-hydroxylation sites is 1. The Morgan fingerprint density at radius 2 is 1.66 bits per heavy atom. The summed E-state index contributed by atoms with van der Waals surface area (Å²) < 4.78 is 30.8. The van der Waals surface area contributed by atoms with Gasteiger partial charge in [-0.15, -0.1) is 0 Å². The van der Waals surface area contributed by atoms with Gasteiger partial charge in [0.2, 0.25) is 0 Å². The molecule has 0 saturated carbocycles. The van der Waals surface area contributed by atoms with Crippen LogP contribution in [-0.2, 0) is 25.0 Å². The molecular weight excluding hydrogens is 517 g/mol. The van der Waals surface area contributed by atoms with Crippen LogP contribution in [0.15, 0.2) is 79.4 Å². The van der Waals surface area contributed by atoms with Gasteiger partial charge in [-0.1, -0.05) is 75.9 Å². The van der Waals surface area contributed by atoms with Crippen LogP contribution in [0.4, 0.5) is 0 Å². The molecule has 2 atom stereocenters. The van der Waals surface area contributed by atoms with Crippen molar-refractivity contribution in [2.24, 2.45) is 5.41 Å². The summed E-state index contributed by atoms with van der Waals surface area (Å²) >= 11 is 0. The summed E-state index contributed by atoms with van der Waals surface area (Å²) in [5.74, 6) is -0.676. The van der Waals surface area contributed by atoms with E-state index in [1.165, 1.54) is 13.0 Å². The zero-order chi connectivity index (χ0) is 28.0. The summed E-state index contributed by atoms with van der Waals surface area (Å²) in [7, 11) is -0.297. The van der Waals surface area contributed by atoms with Gasteiger partial charge >= 0.3 is 19.5 Å². The zero-order valence-electron chi connectivity index (χ0n) is 22.2. The maximum Gasteiger partial charge on any atom is 0.338 e. The lowest BCUT2D eigenvalue weighted by Gasteiger charge is -2.31. The summed E-state index contributed by atoms with van der Waals surface area (Å²) in [4.78, 5) is 25.2. The summed E-state index contributed by atoms with van der Waals surface area (Å²) in [6, 6.07) is 19.5. The largest absolute Gasteiger partial charge is 0.464 e. The Morgan fingerprint density at radius 1 is 0.974 bits per heavy atom. The molecule has 0 saturated heterocycles. The standard InChI is InChI=1S/C29H33NO6PSi/c1-6-16-34-26(31)23-15-14-22-13-12-21(17-24(22)18-23)19-37(33,36-25-10-8-7-9-11-25)30-29(5,38)27(32)35-20-28(2,3)4/h6-15,17-18H,1,16,19-20H2,2-5H3,(H,30,33)/t29-,37?/m0/s1. The van der Waals surface area contributed by atoms with Crippen molar-refractivity contribution >= 4 is 40.5 Å². The van der Waals surface area contributed by atoms with Crippen molar-refractivity contribution in [3.8, 4) is 5.75 Å². The highest BCUT2D eigenvalue weighted by Gasteiger charge is 2.39. The Bertz CT molecular complexity index is 1350. The van der Waals surface area contributed by atoms with E-state index in [0.29, 0.717) is 16.9 Å². The van der Waals surface area contributed by atoms with Gasteiger partial charge in [0, 0.05) is 0 Å². The first-order valence-electron chi connectivity index (χ1n) is 12.2. The van der Waals surface area contributed by atoms with Crippen LogP contribution in [0.3, 0.4) is 0 Å². The molecule has 0 aliphatic rings. The van der Waals surface area contributed by atoms with Gasteiger partial charge < -0.3 is 14.0 Å². The van der Waals surface area contributed by atoms with Crippen LogP contribution in [0, 0.1) is 5.41 Å². The molecule has 0 heterocycles. The van der Waals surface area contributed by atoms with Crippen LogP contribution >= 0.6 is 7.52 Å². The minimum absolute atomic E-state index is 0.0321. The molecule has 0 bridgehead atoms. The maximum absolute atomic E-state index is 14.2. The molecule has 0 aliphatic carbocycles. The van der Waals surface area contributed by atoms with Crippen LogP contribution in [0.1, 0.15) is 43.6 Å². The monoisotopic (exact) mass is 550 g/mol. The zero-order valence-corrected chi connectivity index (χ0v) is 24.0. The lowest BCUT2D eigenvalue weighted by atomic mass is 9.99. The van der Waals surface area contributed by atoms with Crippen molar-refractivity contribution in [2.75, 3.05) is 13.2 Å². The van der Waals surface area contributed by atoms with Crippen molar-refractivity contribution in [1.29, 1.82) is 0 Å². The highest BCUT2D eigenvalue weighted by molar-refractivity contribution is 7.56. The topological polar surface area (TPSA) is 90.9 Å². The molecule has 9 heteroatoms. The Hall–Kier alpha value is -3.19. The second-order valence-corrected chi connectivity index (χ2v) is 13.5. The predicted octanol–water partition coefficient (Wildman–Crippen LogP) is 6.02. The van der Waals surface area contributed by atoms with Crippen molar-refractivity contribution in [1.82, 2.24) is 5.09 Å². The number of esters is 2. The molecule has 3 aromatic carbocycles. The number of hydrogen-bond acceptors (Lipinski definition) is 6. The normalized spacial score (nSPS) is 14.7. The molecule has 0 aliphatic heterocycles. The summed E-state index contributed by atoms with van der Waals surface area (Å²) in [6.07, 6.45) is 1.47. The fraction of sp³-hybridized carbons (Fsp3) is 0.310. The van der Waals surface area contributed by atoms with Gasteiger partial charge in [-0.2, -0.15) is 0 Å².